The Morgan fingerprint density at radius 1 is 1.31 bits per heavy atom. The first-order chi connectivity index (χ1) is 12.3. The van der Waals surface area contributed by atoms with E-state index in [0.29, 0.717) is 24.0 Å². The van der Waals surface area contributed by atoms with Gasteiger partial charge in [-0.2, -0.15) is 8.78 Å². The second-order valence-electron chi connectivity index (χ2n) is 5.89. The number of fused-ring (bicyclic) bond motifs is 1. The van der Waals surface area contributed by atoms with Crippen LogP contribution in [-0.4, -0.2) is 30.1 Å². The van der Waals surface area contributed by atoms with E-state index in [2.05, 4.69) is 9.72 Å². The third kappa shape index (κ3) is 3.85. The van der Waals surface area contributed by atoms with Crippen LogP contribution >= 0.6 is 0 Å². The number of benzene rings is 1. The van der Waals surface area contributed by atoms with Crippen LogP contribution in [0.5, 0.6) is 5.88 Å². The van der Waals surface area contributed by atoms with E-state index >= 15 is 0 Å². The van der Waals surface area contributed by atoms with Crippen molar-refractivity contribution in [2.45, 2.75) is 32.5 Å². The minimum atomic E-state index is -2.92. The standard InChI is InChI=1S/C18H15F4NO3/c1-9(24)16-7-14(12-4-2-10(19)6-15(12)20)13-5-3-11(8-25-18(21)22)26-17(13)23-16/h2,4,6-7,11,18H,3,5,8H2,1H3/t11-/m0/s1. The summed E-state index contributed by atoms with van der Waals surface area (Å²) in [4.78, 5) is 15.9. The van der Waals surface area contributed by atoms with Gasteiger partial charge in [-0.3, -0.25) is 4.79 Å². The quantitative estimate of drug-likeness (QED) is 0.587. The molecule has 1 aromatic heterocycles. The normalized spacial score (nSPS) is 16.3. The Morgan fingerprint density at radius 2 is 2.08 bits per heavy atom. The molecule has 1 aliphatic rings. The maximum Gasteiger partial charge on any atom is 0.345 e. The predicted octanol–water partition coefficient (Wildman–Crippen LogP) is 4.16. The van der Waals surface area contributed by atoms with Crippen molar-refractivity contribution in [2.75, 3.05) is 6.61 Å². The van der Waals surface area contributed by atoms with Gasteiger partial charge in [-0.15, -0.1) is 0 Å². The van der Waals surface area contributed by atoms with Crippen molar-refractivity contribution in [3.05, 3.63) is 47.2 Å². The van der Waals surface area contributed by atoms with Gasteiger partial charge in [0.25, 0.3) is 0 Å². The summed E-state index contributed by atoms with van der Waals surface area (Å²) < 4.78 is 61.7. The molecule has 2 heterocycles. The molecule has 1 aliphatic heterocycles. The van der Waals surface area contributed by atoms with Crippen molar-refractivity contribution >= 4 is 5.78 Å². The summed E-state index contributed by atoms with van der Waals surface area (Å²) in [5, 5.41) is 0. The maximum absolute atomic E-state index is 14.2. The molecule has 0 aliphatic carbocycles. The number of carbonyl (C=O) groups is 1. The number of pyridine rings is 1. The molecule has 4 nitrogen and oxygen atoms in total. The summed E-state index contributed by atoms with van der Waals surface area (Å²) in [5.74, 6) is -1.80. The smallest absolute Gasteiger partial charge is 0.345 e. The van der Waals surface area contributed by atoms with Crippen LogP contribution in [0.4, 0.5) is 17.6 Å². The zero-order valence-corrected chi connectivity index (χ0v) is 13.8. The summed E-state index contributed by atoms with van der Waals surface area (Å²) >= 11 is 0. The van der Waals surface area contributed by atoms with E-state index in [1.54, 1.807) is 0 Å². The van der Waals surface area contributed by atoms with Gasteiger partial charge in [0.1, 0.15) is 23.4 Å². The topological polar surface area (TPSA) is 48.4 Å². The molecule has 0 N–H and O–H groups in total. The Labute approximate surface area is 146 Å². The molecule has 0 spiro atoms. The Bertz CT molecular complexity index is 841. The van der Waals surface area contributed by atoms with Crippen molar-refractivity contribution in [3.63, 3.8) is 0 Å². The molecule has 2 aromatic rings. The molecular weight excluding hydrogens is 354 g/mol. The lowest BCUT2D eigenvalue weighted by atomic mass is 9.93. The Hall–Kier alpha value is -2.48. The zero-order valence-electron chi connectivity index (χ0n) is 13.8. The first-order valence-electron chi connectivity index (χ1n) is 7.92. The van der Waals surface area contributed by atoms with Crippen molar-refractivity contribution < 1.29 is 31.8 Å². The summed E-state index contributed by atoms with van der Waals surface area (Å²) in [5.41, 5.74) is 1.05. The number of hydrogen-bond acceptors (Lipinski definition) is 4. The fourth-order valence-corrected chi connectivity index (χ4v) is 2.84. The first kappa shape index (κ1) is 18.3. The zero-order chi connectivity index (χ0) is 18.8. The molecular formula is C18H15F4NO3. The number of carbonyl (C=O) groups excluding carboxylic acids is 1. The van der Waals surface area contributed by atoms with Gasteiger partial charge in [0, 0.05) is 24.1 Å². The van der Waals surface area contributed by atoms with Gasteiger partial charge in [-0.1, -0.05) is 0 Å². The number of alkyl halides is 2. The molecule has 0 bridgehead atoms. The number of rotatable bonds is 5. The Morgan fingerprint density at radius 3 is 2.73 bits per heavy atom. The van der Waals surface area contributed by atoms with Gasteiger partial charge in [-0.25, -0.2) is 13.8 Å². The molecule has 0 fully saturated rings. The van der Waals surface area contributed by atoms with Gasteiger partial charge in [0.15, 0.2) is 5.78 Å². The molecule has 0 amide bonds. The van der Waals surface area contributed by atoms with E-state index in [9.17, 15) is 22.4 Å². The molecule has 3 rings (SSSR count). The van der Waals surface area contributed by atoms with E-state index < -0.39 is 24.3 Å². The highest BCUT2D eigenvalue weighted by Gasteiger charge is 2.27. The maximum atomic E-state index is 14.2. The van der Waals surface area contributed by atoms with Crippen LogP contribution in [0, 0.1) is 11.6 Å². The van der Waals surface area contributed by atoms with E-state index in [0.717, 1.165) is 12.1 Å². The SMILES string of the molecule is CC(=O)c1cc(-c2ccc(F)cc2F)c2c(n1)O[C@H](COC(F)F)CC2. The highest BCUT2D eigenvalue weighted by atomic mass is 19.3. The van der Waals surface area contributed by atoms with Gasteiger partial charge in [0.2, 0.25) is 5.88 Å². The third-order valence-corrected chi connectivity index (χ3v) is 4.07. The highest BCUT2D eigenvalue weighted by Crippen LogP contribution is 2.36. The number of hydrogen-bond donors (Lipinski definition) is 0. The van der Waals surface area contributed by atoms with Crippen molar-refractivity contribution in [1.29, 1.82) is 0 Å². The Balaban J connectivity index is 2.02. The number of Topliss-reactive ketones (excluding diaryl/α,β-unsaturated/α-hetero) is 1. The lowest BCUT2D eigenvalue weighted by Gasteiger charge is -2.27. The predicted molar refractivity (Wildman–Crippen MR) is 84.3 cm³/mol. The first-order valence-corrected chi connectivity index (χ1v) is 7.92. The lowest BCUT2D eigenvalue weighted by molar-refractivity contribution is -0.146. The molecule has 0 saturated heterocycles. The van der Waals surface area contributed by atoms with Crippen LogP contribution in [-0.2, 0) is 11.2 Å². The molecule has 0 saturated carbocycles. The molecule has 0 unspecified atom stereocenters. The van der Waals surface area contributed by atoms with Gasteiger partial charge in [-0.05, 0) is 36.6 Å². The average molecular weight is 369 g/mol. The van der Waals surface area contributed by atoms with E-state index in [-0.39, 0.29) is 29.5 Å². The fraction of sp³-hybridized carbons (Fsp3) is 0.333. The second kappa shape index (κ2) is 7.41. The molecule has 0 radical (unpaired) electrons. The van der Waals surface area contributed by atoms with Crippen molar-refractivity contribution in [3.8, 4) is 17.0 Å². The van der Waals surface area contributed by atoms with Crippen LogP contribution in [0.1, 0.15) is 29.4 Å². The van der Waals surface area contributed by atoms with E-state index in [1.807, 2.05) is 0 Å². The summed E-state index contributed by atoms with van der Waals surface area (Å²) in [6.45, 7) is -1.95. The van der Waals surface area contributed by atoms with E-state index in [1.165, 1.54) is 19.1 Å². The molecule has 26 heavy (non-hydrogen) atoms. The molecule has 1 atom stereocenters. The Kier molecular flexibility index (Phi) is 5.22. The van der Waals surface area contributed by atoms with Crippen molar-refractivity contribution in [1.82, 2.24) is 4.98 Å². The van der Waals surface area contributed by atoms with Gasteiger partial charge >= 0.3 is 6.61 Å². The van der Waals surface area contributed by atoms with Crippen LogP contribution in [0.2, 0.25) is 0 Å². The molecule has 138 valence electrons. The minimum absolute atomic E-state index is 0.0397. The van der Waals surface area contributed by atoms with Crippen LogP contribution in [0.15, 0.2) is 24.3 Å². The summed E-state index contributed by atoms with van der Waals surface area (Å²) in [6.07, 6.45) is 0.0673. The summed E-state index contributed by atoms with van der Waals surface area (Å²) in [6, 6.07) is 4.56. The van der Waals surface area contributed by atoms with Gasteiger partial charge < -0.3 is 9.47 Å². The number of nitrogens with zero attached hydrogens (tertiary/aromatic N) is 1. The monoisotopic (exact) mass is 369 g/mol. The number of aromatic nitrogens is 1. The second-order valence-corrected chi connectivity index (χ2v) is 5.89. The van der Waals surface area contributed by atoms with Crippen LogP contribution < -0.4 is 4.74 Å². The van der Waals surface area contributed by atoms with E-state index in [4.69, 9.17) is 4.74 Å². The van der Waals surface area contributed by atoms with Crippen LogP contribution in [0.3, 0.4) is 0 Å². The fourth-order valence-electron chi connectivity index (χ4n) is 2.84. The number of ether oxygens (including phenoxy) is 2. The van der Waals surface area contributed by atoms with Gasteiger partial charge in [0.05, 0.1) is 6.61 Å². The van der Waals surface area contributed by atoms with Crippen molar-refractivity contribution in [2.24, 2.45) is 0 Å². The number of halogens is 4. The average Bonchev–Trinajstić information content (AvgIpc) is 2.58. The number of ketones is 1. The minimum Gasteiger partial charge on any atom is -0.472 e. The lowest BCUT2D eigenvalue weighted by Crippen LogP contribution is -2.29. The molecule has 8 heteroatoms. The molecule has 1 aromatic carbocycles. The largest absolute Gasteiger partial charge is 0.472 e. The third-order valence-electron chi connectivity index (χ3n) is 4.07. The summed E-state index contributed by atoms with van der Waals surface area (Å²) in [7, 11) is 0. The van der Waals surface area contributed by atoms with Crippen LogP contribution in [0.25, 0.3) is 11.1 Å². The highest BCUT2D eigenvalue weighted by molar-refractivity contribution is 5.94.